The fourth-order valence-electron chi connectivity index (χ4n) is 2.46. The van der Waals surface area contributed by atoms with Gasteiger partial charge in [-0.05, 0) is 25.5 Å². The van der Waals surface area contributed by atoms with Gasteiger partial charge < -0.3 is 9.84 Å². The normalized spacial score (nSPS) is 20.7. The third-order valence-electron chi connectivity index (χ3n) is 3.49. The van der Waals surface area contributed by atoms with Gasteiger partial charge in [0.15, 0.2) is 0 Å². The quantitative estimate of drug-likeness (QED) is 0.865. The molecule has 0 unspecified atom stereocenters. The van der Waals surface area contributed by atoms with E-state index >= 15 is 0 Å². The van der Waals surface area contributed by atoms with Crippen LogP contribution < -0.4 is 4.74 Å². The molecule has 1 aromatic carbocycles. The number of benzene rings is 1. The van der Waals surface area contributed by atoms with Crippen LogP contribution in [0.1, 0.15) is 18.4 Å². The van der Waals surface area contributed by atoms with Gasteiger partial charge in [-0.3, -0.25) is 4.90 Å². The fourth-order valence-corrected chi connectivity index (χ4v) is 2.46. The van der Waals surface area contributed by atoms with Gasteiger partial charge in [0.2, 0.25) is 0 Å². The minimum atomic E-state index is 0.266. The van der Waals surface area contributed by atoms with E-state index in [4.69, 9.17) is 4.74 Å². The molecule has 1 aliphatic heterocycles. The molecule has 0 aliphatic carbocycles. The Hall–Kier alpha value is -1.32. The molecular weight excluding hydrogens is 226 g/mol. The van der Waals surface area contributed by atoms with Crippen molar-refractivity contribution < 1.29 is 9.84 Å². The van der Waals surface area contributed by atoms with E-state index in [2.05, 4.69) is 17.1 Å². The van der Waals surface area contributed by atoms with Gasteiger partial charge in [-0.1, -0.05) is 30.4 Å². The maximum atomic E-state index is 9.25. The molecule has 1 heterocycles. The molecule has 18 heavy (non-hydrogen) atoms. The number of ether oxygens (including phenoxy) is 1. The van der Waals surface area contributed by atoms with Crippen molar-refractivity contribution in [3.8, 4) is 5.75 Å². The van der Waals surface area contributed by atoms with Crippen molar-refractivity contribution in [3.63, 3.8) is 0 Å². The molecule has 98 valence electrons. The second kappa shape index (κ2) is 6.57. The maximum Gasteiger partial charge on any atom is 0.126 e. The van der Waals surface area contributed by atoms with E-state index in [-0.39, 0.29) is 6.61 Å². The minimum absolute atomic E-state index is 0.266. The summed E-state index contributed by atoms with van der Waals surface area (Å²) in [5.74, 6) is 0.897. The molecule has 0 spiro atoms. The van der Waals surface area contributed by atoms with Gasteiger partial charge in [-0.25, -0.2) is 0 Å². The summed E-state index contributed by atoms with van der Waals surface area (Å²) in [6.07, 6.45) is 6.53. The summed E-state index contributed by atoms with van der Waals surface area (Å²) in [6.45, 7) is 2.24. The van der Waals surface area contributed by atoms with Crippen LogP contribution in [0.5, 0.6) is 5.75 Å². The molecule has 1 atom stereocenters. The van der Waals surface area contributed by atoms with Crippen molar-refractivity contribution in [2.75, 3.05) is 26.8 Å². The average molecular weight is 247 g/mol. The van der Waals surface area contributed by atoms with Crippen molar-refractivity contribution in [2.24, 2.45) is 0 Å². The maximum absolute atomic E-state index is 9.25. The van der Waals surface area contributed by atoms with Crippen LogP contribution in [0, 0.1) is 0 Å². The second-order valence-corrected chi connectivity index (χ2v) is 4.62. The third kappa shape index (κ3) is 3.12. The molecule has 1 aliphatic rings. The lowest BCUT2D eigenvalue weighted by molar-refractivity contribution is 0.170. The Balaban J connectivity index is 1.94. The molecule has 0 bridgehead atoms. The number of likely N-dealkylation sites (tertiary alicyclic amines) is 1. The summed E-state index contributed by atoms with van der Waals surface area (Å²) in [6, 6.07) is 8.33. The van der Waals surface area contributed by atoms with Gasteiger partial charge in [0, 0.05) is 18.2 Å². The molecule has 0 radical (unpaired) electrons. The Labute approximate surface area is 109 Å². The lowest BCUT2D eigenvalue weighted by atomic mass is 10.2. The van der Waals surface area contributed by atoms with Gasteiger partial charge in [-0.2, -0.15) is 0 Å². The van der Waals surface area contributed by atoms with Crippen LogP contribution in [0.4, 0.5) is 0 Å². The van der Waals surface area contributed by atoms with Gasteiger partial charge in [0.25, 0.3) is 0 Å². The highest BCUT2D eigenvalue weighted by atomic mass is 16.5. The van der Waals surface area contributed by atoms with E-state index in [0.29, 0.717) is 6.04 Å². The first-order valence-corrected chi connectivity index (χ1v) is 6.49. The molecule has 0 amide bonds. The topological polar surface area (TPSA) is 32.7 Å². The Bertz CT molecular complexity index is 403. The molecule has 2 rings (SSSR count). The zero-order chi connectivity index (χ0) is 12.8. The van der Waals surface area contributed by atoms with Gasteiger partial charge in [0.1, 0.15) is 5.75 Å². The Morgan fingerprint density at radius 2 is 2.28 bits per heavy atom. The molecule has 0 aromatic heterocycles. The largest absolute Gasteiger partial charge is 0.496 e. The van der Waals surface area contributed by atoms with Crippen molar-refractivity contribution in [1.29, 1.82) is 0 Å². The zero-order valence-corrected chi connectivity index (χ0v) is 10.9. The number of aliphatic hydroxyl groups is 1. The van der Waals surface area contributed by atoms with E-state index in [1.54, 1.807) is 7.11 Å². The van der Waals surface area contributed by atoms with Crippen LogP contribution >= 0.6 is 0 Å². The highest BCUT2D eigenvalue weighted by Gasteiger charge is 2.21. The van der Waals surface area contributed by atoms with E-state index < -0.39 is 0 Å². The van der Waals surface area contributed by atoms with E-state index in [9.17, 15) is 5.11 Å². The first-order chi connectivity index (χ1) is 8.85. The molecule has 0 saturated carbocycles. The van der Waals surface area contributed by atoms with E-state index in [1.807, 2.05) is 24.3 Å². The highest BCUT2D eigenvalue weighted by Crippen LogP contribution is 2.20. The minimum Gasteiger partial charge on any atom is -0.496 e. The third-order valence-corrected chi connectivity index (χ3v) is 3.49. The molecular formula is C15H21NO2. The number of aliphatic hydroxyl groups excluding tert-OH is 1. The van der Waals surface area contributed by atoms with E-state index in [0.717, 1.165) is 30.8 Å². The molecule has 1 saturated heterocycles. The summed E-state index contributed by atoms with van der Waals surface area (Å²) in [4.78, 5) is 2.33. The Morgan fingerprint density at radius 1 is 1.44 bits per heavy atom. The van der Waals surface area contributed by atoms with Crippen LogP contribution in [-0.4, -0.2) is 42.9 Å². The van der Waals surface area contributed by atoms with Crippen molar-refractivity contribution in [2.45, 2.75) is 18.9 Å². The summed E-state index contributed by atoms with van der Waals surface area (Å²) < 4.78 is 5.31. The first kappa shape index (κ1) is 13.1. The SMILES string of the molecule is COc1ccccc1/C=C/CN1CCC[C@@H]1CO. The summed E-state index contributed by atoms with van der Waals surface area (Å²) >= 11 is 0. The average Bonchev–Trinajstić information content (AvgIpc) is 2.87. The van der Waals surface area contributed by atoms with Crippen LogP contribution in [-0.2, 0) is 0 Å². The molecule has 3 heteroatoms. The Morgan fingerprint density at radius 3 is 3.06 bits per heavy atom. The lowest BCUT2D eigenvalue weighted by Crippen LogP contribution is -2.32. The van der Waals surface area contributed by atoms with Crippen LogP contribution in [0.2, 0.25) is 0 Å². The van der Waals surface area contributed by atoms with Crippen molar-refractivity contribution >= 4 is 6.08 Å². The standard InChI is InChI=1S/C15H21NO2/c1-18-15-9-3-2-6-13(15)7-4-10-16-11-5-8-14(16)12-17/h2-4,6-7,9,14,17H,5,8,10-12H2,1H3/b7-4+/t14-/m1/s1. The number of methoxy groups -OCH3 is 1. The zero-order valence-electron chi connectivity index (χ0n) is 10.9. The van der Waals surface area contributed by atoms with E-state index in [1.165, 1.54) is 6.42 Å². The summed E-state index contributed by atoms with van der Waals surface area (Å²) in [7, 11) is 1.69. The molecule has 1 fully saturated rings. The summed E-state index contributed by atoms with van der Waals surface area (Å²) in [5.41, 5.74) is 1.10. The van der Waals surface area contributed by atoms with Crippen molar-refractivity contribution in [1.82, 2.24) is 4.90 Å². The van der Waals surface area contributed by atoms with Crippen molar-refractivity contribution in [3.05, 3.63) is 35.9 Å². The number of para-hydroxylation sites is 1. The van der Waals surface area contributed by atoms with Gasteiger partial charge in [-0.15, -0.1) is 0 Å². The van der Waals surface area contributed by atoms with Crippen LogP contribution in [0.3, 0.4) is 0 Å². The first-order valence-electron chi connectivity index (χ1n) is 6.49. The number of hydrogen-bond donors (Lipinski definition) is 1. The fraction of sp³-hybridized carbons (Fsp3) is 0.467. The molecule has 3 nitrogen and oxygen atoms in total. The summed E-state index contributed by atoms with van der Waals surface area (Å²) in [5, 5.41) is 9.25. The number of nitrogens with zero attached hydrogens (tertiary/aromatic N) is 1. The van der Waals surface area contributed by atoms with Gasteiger partial charge >= 0.3 is 0 Å². The number of hydrogen-bond acceptors (Lipinski definition) is 3. The van der Waals surface area contributed by atoms with Gasteiger partial charge in [0.05, 0.1) is 13.7 Å². The Kier molecular flexibility index (Phi) is 4.79. The number of rotatable bonds is 5. The van der Waals surface area contributed by atoms with Crippen LogP contribution in [0.15, 0.2) is 30.3 Å². The predicted molar refractivity (Wildman–Crippen MR) is 73.7 cm³/mol. The predicted octanol–water partition coefficient (Wildman–Crippen LogP) is 2.17. The highest BCUT2D eigenvalue weighted by molar-refractivity contribution is 5.57. The monoisotopic (exact) mass is 247 g/mol. The molecule has 1 N–H and O–H groups in total. The smallest absolute Gasteiger partial charge is 0.126 e. The molecule has 1 aromatic rings. The second-order valence-electron chi connectivity index (χ2n) is 4.62. The lowest BCUT2D eigenvalue weighted by Gasteiger charge is -2.20. The van der Waals surface area contributed by atoms with Crippen LogP contribution in [0.25, 0.3) is 6.08 Å².